The summed E-state index contributed by atoms with van der Waals surface area (Å²) in [5.41, 5.74) is 1.56. The minimum atomic E-state index is -0.366. The van der Waals surface area contributed by atoms with E-state index >= 15 is 0 Å². The molecule has 2 heterocycles. The first-order chi connectivity index (χ1) is 13.7. The lowest BCUT2D eigenvalue weighted by Gasteiger charge is -2.11. The molecule has 0 saturated carbocycles. The summed E-state index contributed by atoms with van der Waals surface area (Å²) in [7, 11) is 0. The molecular weight excluding hydrogens is 360 g/mol. The van der Waals surface area contributed by atoms with Crippen molar-refractivity contribution in [2.75, 3.05) is 24.0 Å². The van der Waals surface area contributed by atoms with Crippen LogP contribution < -0.4 is 24.8 Å². The Morgan fingerprint density at radius 1 is 1.11 bits per heavy atom. The van der Waals surface area contributed by atoms with Crippen LogP contribution in [0.2, 0.25) is 0 Å². The van der Waals surface area contributed by atoms with Crippen molar-refractivity contribution >= 4 is 23.1 Å². The lowest BCUT2D eigenvalue weighted by molar-refractivity contribution is 0.102. The van der Waals surface area contributed by atoms with Gasteiger partial charge < -0.3 is 24.8 Å². The molecule has 8 heteroatoms. The molecule has 0 unspecified atom stereocenters. The Hall–Kier alpha value is -3.81. The van der Waals surface area contributed by atoms with Crippen molar-refractivity contribution in [2.24, 2.45) is 0 Å². The van der Waals surface area contributed by atoms with E-state index in [1.165, 1.54) is 12.4 Å². The lowest BCUT2D eigenvalue weighted by atomic mass is 10.2. The monoisotopic (exact) mass is 378 g/mol. The molecule has 3 aromatic rings. The minimum absolute atomic E-state index is 0.197. The van der Waals surface area contributed by atoms with Gasteiger partial charge in [-0.25, -0.2) is 9.97 Å². The number of fused-ring (bicyclic) bond motifs is 1. The zero-order chi connectivity index (χ0) is 19.3. The van der Waals surface area contributed by atoms with Gasteiger partial charge in [0.05, 0.1) is 24.7 Å². The molecule has 0 saturated heterocycles. The van der Waals surface area contributed by atoms with Crippen molar-refractivity contribution in [3.05, 3.63) is 60.6 Å². The number of para-hydroxylation sites is 2. The van der Waals surface area contributed by atoms with Gasteiger partial charge in [-0.05, 0) is 31.2 Å². The van der Waals surface area contributed by atoms with Gasteiger partial charge in [-0.1, -0.05) is 12.1 Å². The normalized spacial score (nSPS) is 11.8. The first-order valence-corrected chi connectivity index (χ1v) is 8.75. The molecule has 0 spiro atoms. The highest BCUT2D eigenvalue weighted by Gasteiger charge is 2.14. The van der Waals surface area contributed by atoms with Gasteiger partial charge in [0.25, 0.3) is 5.91 Å². The van der Waals surface area contributed by atoms with Crippen LogP contribution in [0.5, 0.6) is 17.2 Å². The summed E-state index contributed by atoms with van der Waals surface area (Å²) in [4.78, 5) is 20.9. The Labute approximate surface area is 161 Å². The number of benzene rings is 2. The first kappa shape index (κ1) is 17.6. The van der Waals surface area contributed by atoms with Crippen LogP contribution in [0.25, 0.3) is 0 Å². The quantitative estimate of drug-likeness (QED) is 0.677. The highest BCUT2D eigenvalue weighted by Crippen LogP contribution is 2.34. The van der Waals surface area contributed by atoms with Gasteiger partial charge in [0.15, 0.2) is 11.5 Å². The largest absolute Gasteiger partial charge is 0.492 e. The van der Waals surface area contributed by atoms with E-state index in [0.717, 1.165) is 5.69 Å². The molecule has 1 aliphatic heterocycles. The zero-order valence-corrected chi connectivity index (χ0v) is 15.1. The number of carbonyl (C=O) groups excluding carboxylic acids is 1. The fraction of sp³-hybridized carbons (Fsp3) is 0.150. The van der Waals surface area contributed by atoms with Crippen LogP contribution in [-0.4, -0.2) is 29.3 Å². The number of ether oxygens (including phenoxy) is 3. The van der Waals surface area contributed by atoms with Crippen LogP contribution in [-0.2, 0) is 0 Å². The standard InChI is InChI=1S/C20H18N4O4/c1-2-26-16-6-4-3-5-14(16)24-20(25)15-10-22-19(11-21-15)23-13-7-8-17-18(9-13)28-12-27-17/h3-11H,2,12H2,1H3,(H,22,23)(H,24,25). The maximum Gasteiger partial charge on any atom is 0.275 e. The van der Waals surface area contributed by atoms with Crippen LogP contribution in [0.15, 0.2) is 54.9 Å². The number of rotatable bonds is 6. The van der Waals surface area contributed by atoms with E-state index in [0.29, 0.717) is 35.4 Å². The second kappa shape index (κ2) is 7.83. The second-order valence-corrected chi connectivity index (χ2v) is 5.86. The Balaban J connectivity index is 1.43. The summed E-state index contributed by atoms with van der Waals surface area (Å²) in [6.45, 7) is 2.61. The number of amides is 1. The van der Waals surface area contributed by atoms with Gasteiger partial charge in [-0.15, -0.1) is 0 Å². The van der Waals surface area contributed by atoms with E-state index < -0.39 is 0 Å². The smallest absolute Gasteiger partial charge is 0.275 e. The molecule has 0 fully saturated rings. The van der Waals surface area contributed by atoms with Crippen molar-refractivity contribution in [1.82, 2.24) is 9.97 Å². The van der Waals surface area contributed by atoms with Crippen LogP contribution >= 0.6 is 0 Å². The van der Waals surface area contributed by atoms with E-state index in [1.807, 2.05) is 37.3 Å². The van der Waals surface area contributed by atoms with Crippen molar-refractivity contribution in [3.8, 4) is 17.2 Å². The fourth-order valence-electron chi connectivity index (χ4n) is 2.67. The molecule has 4 rings (SSSR count). The van der Waals surface area contributed by atoms with Crippen LogP contribution in [0.4, 0.5) is 17.2 Å². The predicted octanol–water partition coefficient (Wildman–Crippen LogP) is 3.60. The number of hydrogen-bond donors (Lipinski definition) is 2. The maximum atomic E-state index is 12.4. The molecule has 0 aliphatic carbocycles. The summed E-state index contributed by atoms with van der Waals surface area (Å²) in [6.07, 6.45) is 2.90. The summed E-state index contributed by atoms with van der Waals surface area (Å²) >= 11 is 0. The van der Waals surface area contributed by atoms with Gasteiger partial charge in [-0.2, -0.15) is 0 Å². The third-order valence-corrected chi connectivity index (χ3v) is 3.96. The lowest BCUT2D eigenvalue weighted by Crippen LogP contribution is -2.15. The molecule has 1 amide bonds. The highest BCUT2D eigenvalue weighted by molar-refractivity contribution is 6.03. The fourth-order valence-corrected chi connectivity index (χ4v) is 2.67. The molecule has 1 aliphatic rings. The van der Waals surface area contributed by atoms with Gasteiger partial charge >= 0.3 is 0 Å². The number of anilines is 3. The van der Waals surface area contributed by atoms with Crippen LogP contribution in [0, 0.1) is 0 Å². The number of hydrogen-bond acceptors (Lipinski definition) is 7. The second-order valence-electron chi connectivity index (χ2n) is 5.86. The average Bonchev–Trinajstić information content (AvgIpc) is 3.18. The molecular formula is C20H18N4O4. The number of carbonyl (C=O) groups is 1. The summed E-state index contributed by atoms with van der Waals surface area (Å²) in [6, 6.07) is 12.7. The van der Waals surface area contributed by atoms with Gasteiger partial charge in [0.2, 0.25) is 6.79 Å². The third-order valence-electron chi connectivity index (χ3n) is 3.96. The van der Waals surface area contributed by atoms with Crippen LogP contribution in [0.3, 0.4) is 0 Å². The highest BCUT2D eigenvalue weighted by atomic mass is 16.7. The molecule has 0 bridgehead atoms. The Morgan fingerprint density at radius 2 is 1.96 bits per heavy atom. The zero-order valence-electron chi connectivity index (χ0n) is 15.1. The number of nitrogens with one attached hydrogen (secondary N) is 2. The van der Waals surface area contributed by atoms with E-state index in [-0.39, 0.29) is 18.4 Å². The predicted molar refractivity (Wildman–Crippen MR) is 103 cm³/mol. The van der Waals surface area contributed by atoms with Crippen molar-refractivity contribution in [3.63, 3.8) is 0 Å². The SMILES string of the molecule is CCOc1ccccc1NC(=O)c1cnc(Nc2ccc3c(c2)OCO3)cn1. The maximum absolute atomic E-state index is 12.4. The summed E-state index contributed by atoms with van der Waals surface area (Å²) in [5, 5.41) is 5.91. The molecule has 1 aromatic heterocycles. The van der Waals surface area contributed by atoms with Gasteiger partial charge in [0.1, 0.15) is 17.3 Å². The van der Waals surface area contributed by atoms with Crippen molar-refractivity contribution < 1.29 is 19.0 Å². The topological polar surface area (TPSA) is 94.6 Å². The van der Waals surface area contributed by atoms with E-state index in [2.05, 4.69) is 20.6 Å². The van der Waals surface area contributed by atoms with Crippen LogP contribution in [0.1, 0.15) is 17.4 Å². The first-order valence-electron chi connectivity index (χ1n) is 8.75. The molecule has 28 heavy (non-hydrogen) atoms. The molecule has 0 radical (unpaired) electrons. The average molecular weight is 378 g/mol. The minimum Gasteiger partial charge on any atom is -0.492 e. The number of nitrogens with zero attached hydrogens (tertiary/aromatic N) is 2. The molecule has 0 atom stereocenters. The Kier molecular flexibility index (Phi) is 4.92. The van der Waals surface area contributed by atoms with E-state index in [9.17, 15) is 4.79 Å². The number of aromatic nitrogens is 2. The molecule has 142 valence electrons. The molecule has 2 aromatic carbocycles. The Morgan fingerprint density at radius 3 is 2.79 bits per heavy atom. The Bertz CT molecular complexity index is 992. The van der Waals surface area contributed by atoms with Gasteiger partial charge in [-0.3, -0.25) is 4.79 Å². The summed E-state index contributed by atoms with van der Waals surface area (Å²) in [5.74, 6) is 2.12. The van der Waals surface area contributed by atoms with Crippen molar-refractivity contribution in [2.45, 2.75) is 6.92 Å². The third kappa shape index (κ3) is 3.80. The summed E-state index contributed by atoms with van der Waals surface area (Å²) < 4.78 is 16.1. The van der Waals surface area contributed by atoms with E-state index in [1.54, 1.807) is 12.1 Å². The molecule has 8 nitrogen and oxygen atoms in total. The van der Waals surface area contributed by atoms with E-state index in [4.69, 9.17) is 14.2 Å². The van der Waals surface area contributed by atoms with Crippen molar-refractivity contribution in [1.29, 1.82) is 0 Å². The molecule has 2 N–H and O–H groups in total. The van der Waals surface area contributed by atoms with Gasteiger partial charge in [0, 0.05) is 11.8 Å².